The number of benzene rings is 2. The van der Waals surface area contributed by atoms with E-state index in [9.17, 15) is 32.9 Å². The van der Waals surface area contributed by atoms with Gasteiger partial charge in [0.05, 0.1) is 21.7 Å². The van der Waals surface area contributed by atoms with Crippen LogP contribution in [0.25, 0.3) is 0 Å². The SMILES string of the molecule is Cc1c(NC(=O)COC(=O)c2ccc(SC(F)(F)F)cc2)cccc1[N+](=O)[O-]. The molecule has 0 aliphatic rings. The highest BCUT2D eigenvalue weighted by molar-refractivity contribution is 8.00. The summed E-state index contributed by atoms with van der Waals surface area (Å²) in [6.07, 6.45) is 0. The van der Waals surface area contributed by atoms with E-state index in [1.165, 1.54) is 25.1 Å². The van der Waals surface area contributed by atoms with Crippen molar-refractivity contribution in [1.29, 1.82) is 0 Å². The minimum absolute atomic E-state index is 0.0224. The molecule has 0 unspecified atom stereocenters. The van der Waals surface area contributed by atoms with Gasteiger partial charge < -0.3 is 10.1 Å². The van der Waals surface area contributed by atoms with Crippen molar-refractivity contribution in [1.82, 2.24) is 0 Å². The quantitative estimate of drug-likeness (QED) is 0.327. The third-order valence-corrected chi connectivity index (χ3v) is 4.17. The van der Waals surface area contributed by atoms with Gasteiger partial charge in [0.1, 0.15) is 0 Å². The maximum Gasteiger partial charge on any atom is 0.446 e. The van der Waals surface area contributed by atoms with Crippen LogP contribution in [0.15, 0.2) is 47.4 Å². The Labute approximate surface area is 161 Å². The van der Waals surface area contributed by atoms with Crippen LogP contribution in [0.2, 0.25) is 0 Å². The lowest BCUT2D eigenvalue weighted by Gasteiger charge is -2.09. The number of hydrogen-bond acceptors (Lipinski definition) is 6. The molecule has 0 atom stereocenters. The van der Waals surface area contributed by atoms with Crippen LogP contribution in [0.3, 0.4) is 0 Å². The lowest BCUT2D eigenvalue weighted by atomic mass is 10.1. The third-order valence-electron chi connectivity index (χ3n) is 3.43. The number of nitro groups is 1. The van der Waals surface area contributed by atoms with Crippen molar-refractivity contribution in [2.24, 2.45) is 0 Å². The summed E-state index contributed by atoms with van der Waals surface area (Å²) in [6.45, 7) is 0.792. The van der Waals surface area contributed by atoms with E-state index in [1.54, 1.807) is 0 Å². The van der Waals surface area contributed by atoms with E-state index in [4.69, 9.17) is 4.74 Å². The first-order chi connectivity index (χ1) is 13.1. The third kappa shape index (κ3) is 5.98. The van der Waals surface area contributed by atoms with Crippen LogP contribution < -0.4 is 5.32 Å². The number of nitrogens with zero attached hydrogens (tertiary/aromatic N) is 1. The zero-order chi connectivity index (χ0) is 20.9. The van der Waals surface area contributed by atoms with Gasteiger partial charge in [0.15, 0.2) is 6.61 Å². The van der Waals surface area contributed by atoms with Gasteiger partial charge >= 0.3 is 11.5 Å². The topological polar surface area (TPSA) is 98.5 Å². The van der Waals surface area contributed by atoms with Crippen LogP contribution in [0.5, 0.6) is 0 Å². The molecule has 0 aliphatic carbocycles. The molecule has 2 aromatic carbocycles. The molecule has 2 rings (SSSR count). The molecule has 0 radical (unpaired) electrons. The molecule has 0 spiro atoms. The fourth-order valence-corrected chi connectivity index (χ4v) is 2.69. The molecule has 0 saturated carbocycles. The van der Waals surface area contributed by atoms with Gasteiger partial charge in [-0.1, -0.05) is 6.07 Å². The van der Waals surface area contributed by atoms with E-state index in [-0.39, 0.29) is 39.2 Å². The van der Waals surface area contributed by atoms with Gasteiger partial charge in [-0.15, -0.1) is 0 Å². The monoisotopic (exact) mass is 414 g/mol. The summed E-state index contributed by atoms with van der Waals surface area (Å²) in [6, 6.07) is 8.67. The van der Waals surface area contributed by atoms with Gasteiger partial charge in [-0.3, -0.25) is 14.9 Å². The number of carbonyl (C=O) groups is 2. The fraction of sp³-hybridized carbons (Fsp3) is 0.176. The van der Waals surface area contributed by atoms with Gasteiger partial charge in [-0.2, -0.15) is 13.2 Å². The second-order valence-electron chi connectivity index (χ2n) is 5.40. The molecule has 2 aromatic rings. The van der Waals surface area contributed by atoms with Gasteiger partial charge in [0.2, 0.25) is 0 Å². The molecular weight excluding hydrogens is 401 g/mol. The average Bonchev–Trinajstić information content (AvgIpc) is 2.60. The highest BCUT2D eigenvalue weighted by Crippen LogP contribution is 2.36. The Morgan fingerprint density at radius 3 is 2.39 bits per heavy atom. The van der Waals surface area contributed by atoms with E-state index in [0.717, 1.165) is 24.3 Å². The summed E-state index contributed by atoms with van der Waals surface area (Å²) in [7, 11) is 0. The maximum absolute atomic E-state index is 12.3. The Kier molecular flexibility index (Phi) is 6.62. The number of nitrogens with one attached hydrogen (secondary N) is 1. The van der Waals surface area contributed by atoms with Crippen LogP contribution in [0.1, 0.15) is 15.9 Å². The van der Waals surface area contributed by atoms with Gasteiger partial charge in [-0.05, 0) is 49.0 Å². The van der Waals surface area contributed by atoms with Crippen molar-refractivity contribution >= 4 is 35.0 Å². The summed E-state index contributed by atoms with van der Waals surface area (Å²) < 4.78 is 41.6. The molecule has 0 bridgehead atoms. The Morgan fingerprint density at radius 2 is 1.82 bits per heavy atom. The number of anilines is 1. The van der Waals surface area contributed by atoms with Crippen LogP contribution >= 0.6 is 11.8 Å². The highest BCUT2D eigenvalue weighted by atomic mass is 32.2. The van der Waals surface area contributed by atoms with E-state index in [0.29, 0.717) is 0 Å². The zero-order valence-corrected chi connectivity index (χ0v) is 15.1. The normalized spacial score (nSPS) is 11.0. The average molecular weight is 414 g/mol. The summed E-state index contributed by atoms with van der Waals surface area (Å²) >= 11 is -0.319. The van der Waals surface area contributed by atoms with E-state index in [2.05, 4.69) is 5.32 Å². The van der Waals surface area contributed by atoms with Crippen molar-refractivity contribution in [3.8, 4) is 0 Å². The lowest BCUT2D eigenvalue weighted by molar-refractivity contribution is -0.385. The lowest BCUT2D eigenvalue weighted by Crippen LogP contribution is -2.21. The number of ether oxygens (including phenoxy) is 1. The molecule has 0 aromatic heterocycles. The molecule has 7 nitrogen and oxygen atoms in total. The minimum atomic E-state index is -4.44. The van der Waals surface area contributed by atoms with Crippen molar-refractivity contribution in [3.05, 3.63) is 63.7 Å². The van der Waals surface area contributed by atoms with Crippen molar-refractivity contribution < 1.29 is 32.4 Å². The first kappa shape index (κ1) is 21.2. The van der Waals surface area contributed by atoms with E-state index in [1.807, 2.05) is 0 Å². The molecule has 11 heteroatoms. The van der Waals surface area contributed by atoms with Crippen LogP contribution in [-0.2, 0) is 9.53 Å². The maximum atomic E-state index is 12.3. The van der Waals surface area contributed by atoms with Gasteiger partial charge in [-0.25, -0.2) is 4.79 Å². The number of amides is 1. The smallest absolute Gasteiger partial charge is 0.446 e. The molecule has 148 valence electrons. The molecule has 0 aliphatic heterocycles. The second kappa shape index (κ2) is 8.74. The molecular formula is C17H13F3N2O5S. The second-order valence-corrected chi connectivity index (χ2v) is 6.54. The molecule has 0 saturated heterocycles. The molecule has 0 heterocycles. The fourth-order valence-electron chi connectivity index (χ4n) is 2.15. The number of alkyl halides is 3. The Hall–Kier alpha value is -3.08. The largest absolute Gasteiger partial charge is 0.452 e. The number of carbonyl (C=O) groups excluding carboxylic acids is 2. The van der Waals surface area contributed by atoms with Gasteiger partial charge in [0, 0.05) is 11.0 Å². The van der Waals surface area contributed by atoms with Crippen molar-refractivity contribution in [2.75, 3.05) is 11.9 Å². The Morgan fingerprint density at radius 1 is 1.18 bits per heavy atom. The Bertz CT molecular complexity index is 901. The number of nitro benzene ring substituents is 1. The number of hydrogen-bond donors (Lipinski definition) is 1. The molecule has 1 amide bonds. The number of thioether (sulfide) groups is 1. The van der Waals surface area contributed by atoms with Crippen LogP contribution in [0.4, 0.5) is 24.5 Å². The first-order valence-corrected chi connectivity index (χ1v) is 8.45. The predicted octanol–water partition coefficient (Wildman–Crippen LogP) is 4.31. The number of halogens is 3. The summed E-state index contributed by atoms with van der Waals surface area (Å²) in [5, 5.41) is 13.3. The van der Waals surface area contributed by atoms with Crippen molar-refractivity contribution in [3.63, 3.8) is 0 Å². The van der Waals surface area contributed by atoms with Gasteiger partial charge in [0.25, 0.3) is 11.6 Å². The highest BCUT2D eigenvalue weighted by Gasteiger charge is 2.29. The number of rotatable bonds is 6. The molecule has 1 N–H and O–H groups in total. The summed E-state index contributed by atoms with van der Waals surface area (Å²) in [5.74, 6) is -1.62. The summed E-state index contributed by atoms with van der Waals surface area (Å²) in [5.41, 5.74) is -4.20. The molecule has 28 heavy (non-hydrogen) atoms. The van der Waals surface area contributed by atoms with E-state index >= 15 is 0 Å². The minimum Gasteiger partial charge on any atom is -0.452 e. The van der Waals surface area contributed by atoms with Crippen LogP contribution in [-0.4, -0.2) is 28.9 Å². The van der Waals surface area contributed by atoms with E-state index < -0.39 is 28.9 Å². The Balaban J connectivity index is 1.93. The molecule has 0 fully saturated rings. The number of esters is 1. The zero-order valence-electron chi connectivity index (χ0n) is 14.3. The first-order valence-electron chi connectivity index (χ1n) is 7.63. The van der Waals surface area contributed by atoms with Crippen LogP contribution in [0, 0.1) is 17.0 Å². The predicted molar refractivity (Wildman–Crippen MR) is 95.1 cm³/mol. The van der Waals surface area contributed by atoms with Crippen molar-refractivity contribution in [2.45, 2.75) is 17.3 Å². The summed E-state index contributed by atoms with van der Waals surface area (Å²) in [4.78, 5) is 34.0. The standard InChI is InChI=1S/C17H13F3N2O5S/c1-10-13(3-2-4-14(10)22(25)26)21-15(23)9-27-16(24)11-5-7-12(8-6-11)28-17(18,19)20/h2-8H,9H2,1H3,(H,21,23).